The number of hydrogen-bond acceptors (Lipinski definition) is 3. The molecule has 2 aliphatic rings. The van der Waals surface area contributed by atoms with Gasteiger partial charge in [0.25, 0.3) is 5.91 Å². The average molecular weight is 316 g/mol. The third-order valence-electron chi connectivity index (χ3n) is 5.02. The molecule has 1 saturated heterocycles. The van der Waals surface area contributed by atoms with E-state index in [-0.39, 0.29) is 18.0 Å². The van der Waals surface area contributed by atoms with Gasteiger partial charge in [0, 0.05) is 19.1 Å². The maximum atomic E-state index is 12.7. The summed E-state index contributed by atoms with van der Waals surface area (Å²) in [6.07, 6.45) is 5.88. The number of fused-ring (bicyclic) bond motifs is 1. The molecule has 1 saturated carbocycles. The van der Waals surface area contributed by atoms with Gasteiger partial charge >= 0.3 is 6.03 Å². The number of rotatable bonds is 2. The maximum Gasteiger partial charge on any atom is 0.323 e. The van der Waals surface area contributed by atoms with Crippen molar-refractivity contribution in [3.8, 4) is 0 Å². The number of carbonyl (C=O) groups is 2. The molecule has 1 aliphatic carbocycles. The van der Waals surface area contributed by atoms with Crippen molar-refractivity contribution in [2.45, 2.75) is 51.1 Å². The summed E-state index contributed by atoms with van der Waals surface area (Å²) in [5, 5.41) is 5.40. The summed E-state index contributed by atoms with van der Waals surface area (Å²) in [5.41, 5.74) is 0.301. The highest BCUT2D eigenvalue weighted by molar-refractivity contribution is 5.93. The molecular weight excluding hydrogens is 292 g/mol. The van der Waals surface area contributed by atoms with Crippen LogP contribution in [0.5, 0.6) is 0 Å². The van der Waals surface area contributed by atoms with E-state index < -0.39 is 0 Å². The first-order valence-electron chi connectivity index (χ1n) is 8.38. The van der Waals surface area contributed by atoms with E-state index in [1.54, 1.807) is 25.2 Å². The number of amides is 3. The van der Waals surface area contributed by atoms with E-state index in [1.165, 1.54) is 19.3 Å². The fourth-order valence-corrected chi connectivity index (χ4v) is 3.99. The van der Waals surface area contributed by atoms with Crippen LogP contribution in [0, 0.1) is 5.92 Å². The molecular formula is C17H24N4O2. The van der Waals surface area contributed by atoms with Crippen LogP contribution in [0.2, 0.25) is 0 Å². The second-order valence-corrected chi connectivity index (χ2v) is 6.52. The van der Waals surface area contributed by atoms with Crippen molar-refractivity contribution < 1.29 is 9.59 Å². The van der Waals surface area contributed by atoms with Crippen LogP contribution in [0.15, 0.2) is 18.2 Å². The first kappa shape index (κ1) is 15.8. The first-order chi connectivity index (χ1) is 11.1. The number of nitrogens with zero attached hydrogens (tertiary/aromatic N) is 2. The summed E-state index contributed by atoms with van der Waals surface area (Å²) in [6.45, 7) is 2.12. The van der Waals surface area contributed by atoms with Crippen molar-refractivity contribution in [1.82, 2.24) is 15.2 Å². The molecule has 0 unspecified atom stereocenters. The molecule has 1 aromatic rings. The minimum atomic E-state index is -0.261. The fraction of sp³-hybridized carbons (Fsp3) is 0.588. The van der Waals surface area contributed by atoms with Crippen LogP contribution in [-0.4, -0.2) is 41.0 Å². The zero-order valence-electron chi connectivity index (χ0n) is 13.7. The van der Waals surface area contributed by atoms with Crippen LogP contribution in [0.4, 0.5) is 10.6 Å². The number of hydrogen-bond donors (Lipinski definition) is 2. The van der Waals surface area contributed by atoms with Gasteiger partial charge in [0.15, 0.2) is 0 Å². The minimum Gasteiger partial charge on any atom is -0.354 e. The van der Waals surface area contributed by atoms with E-state index in [2.05, 4.69) is 22.5 Å². The Balaban J connectivity index is 1.72. The molecule has 0 bridgehead atoms. The van der Waals surface area contributed by atoms with Gasteiger partial charge in [-0.05, 0) is 44.2 Å². The molecule has 3 amide bonds. The summed E-state index contributed by atoms with van der Waals surface area (Å²) in [4.78, 5) is 30.6. The van der Waals surface area contributed by atoms with Crippen LogP contribution in [0.1, 0.15) is 49.5 Å². The third kappa shape index (κ3) is 3.16. The van der Waals surface area contributed by atoms with Gasteiger partial charge in [0.2, 0.25) is 0 Å². The molecule has 6 nitrogen and oxygen atoms in total. The molecule has 0 radical (unpaired) electrons. The van der Waals surface area contributed by atoms with Gasteiger partial charge in [-0.1, -0.05) is 18.9 Å². The summed E-state index contributed by atoms with van der Waals surface area (Å²) >= 11 is 0. The van der Waals surface area contributed by atoms with E-state index >= 15 is 0 Å². The van der Waals surface area contributed by atoms with Crippen molar-refractivity contribution in [2.24, 2.45) is 5.92 Å². The molecule has 23 heavy (non-hydrogen) atoms. The topological polar surface area (TPSA) is 74.3 Å². The second-order valence-electron chi connectivity index (χ2n) is 6.52. The Morgan fingerprint density at radius 2 is 2.04 bits per heavy atom. The van der Waals surface area contributed by atoms with Crippen LogP contribution in [-0.2, 0) is 0 Å². The lowest BCUT2D eigenvalue weighted by molar-refractivity contribution is 0.0958. The van der Waals surface area contributed by atoms with Gasteiger partial charge in [-0.3, -0.25) is 10.1 Å². The highest BCUT2D eigenvalue weighted by Gasteiger charge is 2.42. The zero-order chi connectivity index (χ0) is 16.4. The zero-order valence-corrected chi connectivity index (χ0v) is 13.7. The van der Waals surface area contributed by atoms with Gasteiger partial charge in [0.1, 0.15) is 11.5 Å². The largest absolute Gasteiger partial charge is 0.354 e. The Morgan fingerprint density at radius 3 is 2.83 bits per heavy atom. The van der Waals surface area contributed by atoms with Crippen LogP contribution in [0.25, 0.3) is 0 Å². The Kier molecular flexibility index (Phi) is 4.50. The maximum absolute atomic E-state index is 12.7. The molecule has 0 aromatic carbocycles. The lowest BCUT2D eigenvalue weighted by atomic mass is 9.85. The normalized spacial score (nSPS) is 26.5. The smallest absolute Gasteiger partial charge is 0.323 e. The van der Waals surface area contributed by atoms with Gasteiger partial charge in [-0.25, -0.2) is 9.78 Å². The standard InChI is InChI=1S/C17H24N4O2/c1-11-10-12-6-3-4-8-14(12)21(11)17(23)20-15-9-5-7-13(19-15)16(22)18-2/h5,7,9,11-12,14H,3-4,6,8,10H2,1-2H3,(H,18,22)(H,19,20,23)/t11-,12-,14-/m1/s1. The van der Waals surface area contributed by atoms with E-state index in [4.69, 9.17) is 0 Å². The highest BCUT2D eigenvalue weighted by Crippen LogP contribution is 2.39. The van der Waals surface area contributed by atoms with Crippen LogP contribution in [0.3, 0.4) is 0 Å². The molecule has 0 spiro atoms. The second kappa shape index (κ2) is 6.56. The van der Waals surface area contributed by atoms with Gasteiger partial charge in [0.05, 0.1) is 0 Å². The summed E-state index contributed by atoms with van der Waals surface area (Å²) < 4.78 is 0. The molecule has 6 heteroatoms. The number of urea groups is 1. The van der Waals surface area contributed by atoms with Gasteiger partial charge < -0.3 is 10.2 Å². The Hall–Kier alpha value is -2.11. The number of carbonyl (C=O) groups excluding carboxylic acids is 2. The number of pyridine rings is 1. The molecule has 1 aromatic heterocycles. The molecule has 2 fully saturated rings. The average Bonchev–Trinajstić information content (AvgIpc) is 2.90. The summed E-state index contributed by atoms with van der Waals surface area (Å²) in [5.74, 6) is 0.792. The Morgan fingerprint density at radius 1 is 1.26 bits per heavy atom. The number of aromatic nitrogens is 1. The van der Waals surface area contributed by atoms with Crippen molar-refractivity contribution in [3.63, 3.8) is 0 Å². The molecule has 3 atom stereocenters. The lowest BCUT2D eigenvalue weighted by Crippen LogP contribution is -2.44. The van der Waals surface area contributed by atoms with E-state index in [0.29, 0.717) is 23.5 Å². The highest BCUT2D eigenvalue weighted by atomic mass is 16.2. The number of anilines is 1. The quantitative estimate of drug-likeness (QED) is 0.881. The van der Waals surface area contributed by atoms with Crippen LogP contribution >= 0.6 is 0 Å². The van der Waals surface area contributed by atoms with E-state index in [0.717, 1.165) is 12.8 Å². The molecule has 3 rings (SSSR count). The number of nitrogens with one attached hydrogen (secondary N) is 2. The summed E-state index contributed by atoms with van der Waals surface area (Å²) in [6, 6.07) is 5.57. The van der Waals surface area contributed by atoms with E-state index in [9.17, 15) is 9.59 Å². The predicted octanol–water partition coefficient (Wildman–Crippen LogP) is 2.63. The fourth-order valence-electron chi connectivity index (χ4n) is 3.99. The first-order valence-corrected chi connectivity index (χ1v) is 8.38. The summed E-state index contributed by atoms with van der Waals surface area (Å²) in [7, 11) is 1.56. The molecule has 2 heterocycles. The Bertz CT molecular complexity index is 604. The molecule has 2 N–H and O–H groups in total. The monoisotopic (exact) mass is 316 g/mol. The SMILES string of the molecule is CNC(=O)c1cccc(NC(=O)N2[C@H](C)C[C@H]3CCCC[C@H]32)n1. The molecule has 124 valence electrons. The van der Waals surface area contributed by atoms with Gasteiger partial charge in [-0.15, -0.1) is 0 Å². The van der Waals surface area contributed by atoms with Crippen LogP contribution < -0.4 is 10.6 Å². The van der Waals surface area contributed by atoms with Gasteiger partial charge in [-0.2, -0.15) is 0 Å². The Labute approximate surface area is 136 Å². The van der Waals surface area contributed by atoms with Crippen molar-refractivity contribution in [3.05, 3.63) is 23.9 Å². The predicted molar refractivity (Wildman–Crippen MR) is 88.3 cm³/mol. The molecule has 1 aliphatic heterocycles. The third-order valence-corrected chi connectivity index (χ3v) is 5.02. The minimum absolute atomic E-state index is 0.103. The van der Waals surface area contributed by atoms with Crippen molar-refractivity contribution >= 4 is 17.8 Å². The van der Waals surface area contributed by atoms with E-state index in [1.807, 2.05) is 4.90 Å². The number of likely N-dealkylation sites (tertiary alicyclic amines) is 1. The van der Waals surface area contributed by atoms with Crippen molar-refractivity contribution in [2.75, 3.05) is 12.4 Å². The van der Waals surface area contributed by atoms with Crippen molar-refractivity contribution in [1.29, 1.82) is 0 Å². The lowest BCUT2D eigenvalue weighted by Gasteiger charge is -2.33.